The topological polar surface area (TPSA) is 68.3 Å². The number of hydrogen-bond acceptors (Lipinski definition) is 4. The van der Waals surface area contributed by atoms with Crippen molar-refractivity contribution in [2.75, 3.05) is 11.5 Å². The van der Waals surface area contributed by atoms with E-state index in [0.717, 1.165) is 11.1 Å². The molecule has 0 unspecified atom stereocenters. The minimum Gasteiger partial charge on any atom is -0.224 e. The Labute approximate surface area is 138 Å². The Balaban J connectivity index is 2.17. The zero-order chi connectivity index (χ0) is 17.1. The molecule has 0 aromatic heterocycles. The summed E-state index contributed by atoms with van der Waals surface area (Å²) in [6, 6.07) is 13.6. The van der Waals surface area contributed by atoms with Crippen LogP contribution in [0.15, 0.2) is 58.3 Å². The second-order valence-corrected chi connectivity index (χ2v) is 9.83. The van der Waals surface area contributed by atoms with E-state index in [1.54, 1.807) is 62.4 Å². The molecule has 0 saturated heterocycles. The summed E-state index contributed by atoms with van der Waals surface area (Å²) in [5, 5.41) is 0. The van der Waals surface area contributed by atoms with Crippen molar-refractivity contribution in [1.82, 2.24) is 0 Å². The third-order valence-electron chi connectivity index (χ3n) is 3.73. The monoisotopic (exact) mass is 352 g/mol. The van der Waals surface area contributed by atoms with Crippen molar-refractivity contribution in [1.29, 1.82) is 0 Å². The maximum absolute atomic E-state index is 11.8. The molecule has 2 aromatic rings. The molecule has 0 aliphatic rings. The molecule has 0 amide bonds. The van der Waals surface area contributed by atoms with E-state index in [1.807, 2.05) is 0 Å². The lowest BCUT2D eigenvalue weighted by Crippen LogP contribution is -2.04. The Hall–Kier alpha value is -1.66. The predicted molar refractivity (Wildman–Crippen MR) is 91.1 cm³/mol. The highest BCUT2D eigenvalue weighted by molar-refractivity contribution is 7.91. The van der Waals surface area contributed by atoms with Crippen LogP contribution in [0.1, 0.15) is 25.0 Å². The molecule has 23 heavy (non-hydrogen) atoms. The number of sulfone groups is 2. The van der Waals surface area contributed by atoms with Crippen LogP contribution in [0.2, 0.25) is 0 Å². The van der Waals surface area contributed by atoms with Gasteiger partial charge in [-0.1, -0.05) is 38.1 Å². The lowest BCUT2D eigenvalue weighted by molar-refractivity contribution is 0.595. The average Bonchev–Trinajstić information content (AvgIpc) is 2.56. The first-order valence-electron chi connectivity index (χ1n) is 7.42. The van der Waals surface area contributed by atoms with E-state index in [4.69, 9.17) is 0 Å². The molecule has 0 fully saturated rings. The zero-order valence-corrected chi connectivity index (χ0v) is 14.8. The lowest BCUT2D eigenvalue weighted by atomic mass is 10.1. The maximum Gasteiger partial charge on any atom is 0.178 e. The van der Waals surface area contributed by atoms with Gasteiger partial charge in [0.25, 0.3) is 0 Å². The van der Waals surface area contributed by atoms with Crippen LogP contribution in [0, 0.1) is 0 Å². The standard InChI is InChI=1S/C17H20O4S2/c1-3-22(18,19)16-9-5-14(6-10-16)13-15-7-11-17(12-8-15)23(20,21)4-2/h5-12H,3-4,13H2,1-2H3. The summed E-state index contributed by atoms with van der Waals surface area (Å²) in [6.45, 7) is 3.24. The summed E-state index contributed by atoms with van der Waals surface area (Å²) in [5.74, 6) is 0.166. The van der Waals surface area contributed by atoms with Crippen molar-refractivity contribution >= 4 is 19.7 Å². The first kappa shape index (κ1) is 17.7. The van der Waals surface area contributed by atoms with Crippen LogP contribution in [0.3, 0.4) is 0 Å². The van der Waals surface area contributed by atoms with Crippen LogP contribution in [0.5, 0.6) is 0 Å². The van der Waals surface area contributed by atoms with Crippen molar-refractivity contribution in [3.63, 3.8) is 0 Å². The molecular weight excluding hydrogens is 332 g/mol. The smallest absolute Gasteiger partial charge is 0.178 e. The Kier molecular flexibility index (Phi) is 5.26. The molecule has 0 aliphatic heterocycles. The number of benzene rings is 2. The molecule has 0 aliphatic carbocycles. The van der Waals surface area contributed by atoms with E-state index in [1.165, 1.54) is 0 Å². The van der Waals surface area contributed by atoms with Gasteiger partial charge >= 0.3 is 0 Å². The Bertz CT molecular complexity index is 788. The summed E-state index contributed by atoms with van der Waals surface area (Å²) in [7, 11) is -6.36. The Morgan fingerprint density at radius 1 is 0.609 bits per heavy atom. The fourth-order valence-electron chi connectivity index (χ4n) is 2.20. The largest absolute Gasteiger partial charge is 0.224 e. The minimum absolute atomic E-state index is 0.0830. The van der Waals surface area contributed by atoms with E-state index >= 15 is 0 Å². The lowest BCUT2D eigenvalue weighted by Gasteiger charge is -2.06. The number of rotatable bonds is 6. The second kappa shape index (κ2) is 6.84. The van der Waals surface area contributed by atoms with Gasteiger partial charge in [0.05, 0.1) is 21.3 Å². The maximum atomic E-state index is 11.8. The van der Waals surface area contributed by atoms with Gasteiger partial charge in [0.15, 0.2) is 19.7 Å². The molecule has 0 bridgehead atoms. The first-order valence-corrected chi connectivity index (χ1v) is 10.7. The highest BCUT2D eigenvalue weighted by Crippen LogP contribution is 2.17. The Morgan fingerprint density at radius 3 is 1.17 bits per heavy atom. The fraction of sp³-hybridized carbons (Fsp3) is 0.294. The van der Waals surface area contributed by atoms with E-state index in [-0.39, 0.29) is 11.5 Å². The van der Waals surface area contributed by atoms with E-state index in [9.17, 15) is 16.8 Å². The number of hydrogen-bond donors (Lipinski definition) is 0. The molecule has 0 saturated carbocycles. The van der Waals surface area contributed by atoms with Crippen LogP contribution in [-0.2, 0) is 26.1 Å². The SMILES string of the molecule is CCS(=O)(=O)c1ccc(Cc2ccc(S(=O)(=O)CC)cc2)cc1. The molecule has 6 heteroatoms. The van der Waals surface area contributed by atoms with Crippen molar-refractivity contribution in [2.24, 2.45) is 0 Å². The second-order valence-electron chi connectivity index (χ2n) is 5.27. The third-order valence-corrected chi connectivity index (χ3v) is 7.23. The highest BCUT2D eigenvalue weighted by Gasteiger charge is 2.12. The molecule has 2 rings (SSSR count). The van der Waals surface area contributed by atoms with Crippen LogP contribution in [0.25, 0.3) is 0 Å². The molecule has 0 atom stereocenters. The van der Waals surface area contributed by atoms with Gasteiger partial charge in [-0.15, -0.1) is 0 Å². The van der Waals surface area contributed by atoms with Gasteiger partial charge in [-0.05, 0) is 41.8 Å². The van der Waals surface area contributed by atoms with Crippen molar-refractivity contribution < 1.29 is 16.8 Å². The molecule has 124 valence electrons. The van der Waals surface area contributed by atoms with Gasteiger partial charge in [-0.2, -0.15) is 0 Å². The molecule has 4 nitrogen and oxygen atoms in total. The summed E-state index contributed by atoms with van der Waals surface area (Å²) < 4.78 is 47.1. The molecule has 0 heterocycles. The van der Waals surface area contributed by atoms with Crippen molar-refractivity contribution in [3.05, 3.63) is 59.7 Å². The first-order chi connectivity index (χ1) is 10.8. The van der Waals surface area contributed by atoms with Crippen molar-refractivity contribution in [3.8, 4) is 0 Å². The average molecular weight is 352 g/mol. The van der Waals surface area contributed by atoms with Gasteiger partial charge in [0.2, 0.25) is 0 Å². The fourth-order valence-corrected chi connectivity index (χ4v) is 3.97. The van der Waals surface area contributed by atoms with E-state index in [2.05, 4.69) is 0 Å². The molecule has 0 N–H and O–H groups in total. The summed E-state index contributed by atoms with van der Waals surface area (Å²) in [5.41, 5.74) is 1.96. The van der Waals surface area contributed by atoms with Crippen LogP contribution in [0.4, 0.5) is 0 Å². The van der Waals surface area contributed by atoms with Gasteiger partial charge in [-0.25, -0.2) is 16.8 Å². The van der Waals surface area contributed by atoms with Crippen LogP contribution >= 0.6 is 0 Å². The Morgan fingerprint density at radius 2 is 0.913 bits per heavy atom. The van der Waals surface area contributed by atoms with Gasteiger partial charge in [0, 0.05) is 0 Å². The van der Waals surface area contributed by atoms with E-state index < -0.39 is 19.7 Å². The van der Waals surface area contributed by atoms with Gasteiger partial charge in [0.1, 0.15) is 0 Å². The zero-order valence-electron chi connectivity index (χ0n) is 13.2. The highest BCUT2D eigenvalue weighted by atomic mass is 32.2. The molecule has 2 aromatic carbocycles. The summed E-state index contributed by atoms with van der Waals surface area (Å²) in [4.78, 5) is 0.654. The van der Waals surface area contributed by atoms with Crippen molar-refractivity contribution in [2.45, 2.75) is 30.1 Å². The van der Waals surface area contributed by atoms with E-state index in [0.29, 0.717) is 16.2 Å². The molecular formula is C17H20O4S2. The third kappa shape index (κ3) is 4.20. The summed E-state index contributed by atoms with van der Waals surface area (Å²) in [6.07, 6.45) is 0.624. The minimum atomic E-state index is -3.18. The summed E-state index contributed by atoms with van der Waals surface area (Å²) >= 11 is 0. The quantitative estimate of drug-likeness (QED) is 0.802. The normalized spacial score (nSPS) is 12.3. The van der Waals surface area contributed by atoms with Gasteiger partial charge < -0.3 is 0 Å². The predicted octanol–water partition coefficient (Wildman–Crippen LogP) is 2.86. The molecule has 0 spiro atoms. The van der Waals surface area contributed by atoms with Crippen LogP contribution in [-0.4, -0.2) is 28.3 Å². The van der Waals surface area contributed by atoms with Gasteiger partial charge in [-0.3, -0.25) is 0 Å². The van der Waals surface area contributed by atoms with Crippen LogP contribution < -0.4 is 0 Å². The molecule has 0 radical (unpaired) electrons.